The van der Waals surface area contributed by atoms with Gasteiger partial charge in [0.2, 0.25) is 0 Å². The van der Waals surface area contributed by atoms with Crippen LogP contribution in [0.1, 0.15) is 0 Å². The van der Waals surface area contributed by atoms with E-state index in [1.54, 1.807) is 24.3 Å². The number of aliphatic imine (C=N–C) groups is 1. The highest BCUT2D eigenvalue weighted by Gasteiger charge is 2.33. The number of carbonyl (C=O) groups excluding carboxylic acids is 2. The molecule has 6 nitrogen and oxygen atoms in total. The zero-order valence-corrected chi connectivity index (χ0v) is 11.4. The lowest BCUT2D eigenvalue weighted by Gasteiger charge is -2.21. The second-order valence-electron chi connectivity index (χ2n) is 4.82. The van der Waals surface area contributed by atoms with Crippen LogP contribution in [0.2, 0.25) is 0 Å². The van der Waals surface area contributed by atoms with Crippen molar-refractivity contribution in [3.8, 4) is 5.75 Å². The molecule has 1 unspecified atom stereocenters. The van der Waals surface area contributed by atoms with Gasteiger partial charge in [-0.05, 0) is 30.3 Å². The van der Waals surface area contributed by atoms with Crippen molar-refractivity contribution in [2.45, 2.75) is 0 Å². The van der Waals surface area contributed by atoms with E-state index in [2.05, 4.69) is 10.3 Å². The summed E-state index contributed by atoms with van der Waals surface area (Å²) >= 11 is 0. The van der Waals surface area contributed by atoms with E-state index >= 15 is 0 Å². The van der Waals surface area contributed by atoms with Crippen LogP contribution >= 0.6 is 0 Å². The van der Waals surface area contributed by atoms with Gasteiger partial charge in [0.25, 0.3) is 11.8 Å². The lowest BCUT2D eigenvalue weighted by atomic mass is 9.90. The summed E-state index contributed by atoms with van der Waals surface area (Å²) in [6.45, 7) is 0. The highest BCUT2D eigenvalue weighted by molar-refractivity contribution is 6.28. The highest BCUT2D eigenvalue weighted by atomic mass is 16.3. The summed E-state index contributed by atoms with van der Waals surface area (Å²) in [6, 6.07) is 5.76. The second kappa shape index (κ2) is 5.33. The molecule has 3 rings (SSSR count). The molecule has 0 fully saturated rings. The van der Waals surface area contributed by atoms with E-state index in [0.29, 0.717) is 11.4 Å². The number of allylic oxidation sites excluding steroid dienone is 4. The molecule has 0 saturated carbocycles. The van der Waals surface area contributed by atoms with Crippen LogP contribution in [0.5, 0.6) is 5.75 Å². The van der Waals surface area contributed by atoms with Crippen molar-refractivity contribution in [3.63, 3.8) is 0 Å². The number of phenolic OH excluding ortho intramolecular Hbond substituents is 1. The molecule has 3 N–H and O–H groups in total. The van der Waals surface area contributed by atoms with E-state index in [1.165, 1.54) is 24.3 Å². The Balaban J connectivity index is 1.88. The highest BCUT2D eigenvalue weighted by Crippen LogP contribution is 2.26. The van der Waals surface area contributed by atoms with Crippen molar-refractivity contribution in [2.75, 3.05) is 5.32 Å². The number of fused-ring (bicyclic) bond motifs is 1. The van der Waals surface area contributed by atoms with E-state index in [0.717, 1.165) is 0 Å². The fraction of sp³-hybridized carbons (Fsp3) is 0.0625. The maximum atomic E-state index is 12.2. The number of phenols is 1. The Morgan fingerprint density at radius 3 is 2.59 bits per heavy atom. The van der Waals surface area contributed by atoms with Gasteiger partial charge in [0, 0.05) is 5.69 Å². The third-order valence-corrected chi connectivity index (χ3v) is 3.35. The van der Waals surface area contributed by atoms with Gasteiger partial charge in [-0.15, -0.1) is 0 Å². The van der Waals surface area contributed by atoms with Crippen LogP contribution in [0.3, 0.4) is 0 Å². The van der Waals surface area contributed by atoms with Gasteiger partial charge in [-0.25, -0.2) is 4.99 Å². The molecule has 1 aromatic carbocycles. The van der Waals surface area contributed by atoms with Gasteiger partial charge >= 0.3 is 0 Å². The Morgan fingerprint density at radius 2 is 1.86 bits per heavy atom. The zero-order chi connectivity index (χ0) is 15.7. The Hall–Kier alpha value is -3.15. The Bertz CT molecular complexity index is 770. The molecule has 0 spiro atoms. The van der Waals surface area contributed by atoms with E-state index < -0.39 is 17.7 Å². The molecular weight excluding hydrogens is 284 g/mol. The quantitative estimate of drug-likeness (QED) is 0.573. The third kappa shape index (κ3) is 2.42. The fourth-order valence-corrected chi connectivity index (χ4v) is 2.26. The van der Waals surface area contributed by atoms with Crippen LogP contribution < -0.4 is 5.32 Å². The zero-order valence-electron chi connectivity index (χ0n) is 11.4. The first-order valence-electron chi connectivity index (χ1n) is 6.57. The van der Waals surface area contributed by atoms with Gasteiger partial charge < -0.3 is 15.5 Å². The minimum absolute atomic E-state index is 0.0576. The molecule has 2 amide bonds. The van der Waals surface area contributed by atoms with Crippen LogP contribution in [0.15, 0.2) is 64.9 Å². The van der Waals surface area contributed by atoms with Crippen LogP contribution in [0.4, 0.5) is 5.69 Å². The van der Waals surface area contributed by atoms with Crippen molar-refractivity contribution in [3.05, 3.63) is 59.9 Å². The van der Waals surface area contributed by atoms with Gasteiger partial charge in [0.15, 0.2) is 0 Å². The first-order chi connectivity index (χ1) is 10.6. The number of anilines is 1. The van der Waals surface area contributed by atoms with Crippen LogP contribution in [0, 0.1) is 5.92 Å². The van der Waals surface area contributed by atoms with Gasteiger partial charge in [-0.1, -0.05) is 18.2 Å². The summed E-state index contributed by atoms with van der Waals surface area (Å²) < 4.78 is 0. The lowest BCUT2D eigenvalue weighted by Crippen LogP contribution is -2.30. The summed E-state index contributed by atoms with van der Waals surface area (Å²) in [5.41, 5.74) is 0.428. The fourth-order valence-electron chi connectivity index (χ4n) is 2.26. The van der Waals surface area contributed by atoms with E-state index in [4.69, 9.17) is 0 Å². The molecule has 1 atom stereocenters. The number of rotatable bonds is 2. The predicted octanol–water partition coefficient (Wildman–Crippen LogP) is 1.87. The largest absolute Gasteiger partial charge is 0.510 e. The molecule has 0 saturated heterocycles. The number of amides is 2. The van der Waals surface area contributed by atoms with Crippen LogP contribution in [-0.2, 0) is 9.59 Å². The van der Waals surface area contributed by atoms with Crippen molar-refractivity contribution in [2.24, 2.45) is 10.9 Å². The number of hydrogen-bond acceptors (Lipinski definition) is 4. The van der Waals surface area contributed by atoms with Crippen molar-refractivity contribution < 1.29 is 19.8 Å². The predicted molar refractivity (Wildman–Crippen MR) is 80.6 cm³/mol. The molecule has 0 bridgehead atoms. The number of nitrogens with zero attached hydrogens (tertiary/aromatic N) is 1. The second-order valence-corrected chi connectivity index (χ2v) is 4.82. The number of dihydropyridines is 1. The summed E-state index contributed by atoms with van der Waals surface area (Å²) in [4.78, 5) is 28.0. The first kappa shape index (κ1) is 13.8. The van der Waals surface area contributed by atoms with Crippen molar-refractivity contribution in [1.29, 1.82) is 0 Å². The minimum Gasteiger partial charge on any atom is -0.510 e. The normalized spacial score (nSPS) is 19.7. The van der Waals surface area contributed by atoms with Crippen LogP contribution in [0.25, 0.3) is 0 Å². The van der Waals surface area contributed by atoms with Crippen molar-refractivity contribution in [1.82, 2.24) is 0 Å². The monoisotopic (exact) mass is 296 g/mol. The Morgan fingerprint density at radius 1 is 1.14 bits per heavy atom. The van der Waals surface area contributed by atoms with Gasteiger partial charge in [-0.2, -0.15) is 0 Å². The topological polar surface area (TPSA) is 99.0 Å². The molecule has 0 radical (unpaired) electrons. The average molecular weight is 296 g/mol. The minimum atomic E-state index is -0.778. The molecule has 0 aromatic heterocycles. The molecule has 6 heteroatoms. The molecule has 1 aliphatic carbocycles. The van der Waals surface area contributed by atoms with E-state index in [-0.39, 0.29) is 17.1 Å². The third-order valence-electron chi connectivity index (χ3n) is 3.35. The van der Waals surface area contributed by atoms with Gasteiger partial charge in [0.1, 0.15) is 17.1 Å². The smallest absolute Gasteiger partial charge is 0.286 e. The number of nitrogens with one attached hydrogen (secondary N) is 1. The molecular formula is C16H12N2O4. The molecule has 22 heavy (non-hydrogen) atoms. The summed E-state index contributed by atoms with van der Waals surface area (Å²) in [7, 11) is 0. The van der Waals surface area contributed by atoms with E-state index in [9.17, 15) is 19.8 Å². The molecule has 1 aliphatic heterocycles. The summed E-state index contributed by atoms with van der Waals surface area (Å²) in [5.74, 6) is -2.35. The maximum absolute atomic E-state index is 12.2. The maximum Gasteiger partial charge on any atom is 0.286 e. The first-order valence-corrected chi connectivity index (χ1v) is 6.57. The number of aliphatic hydroxyl groups is 1. The number of hydrogen-bond donors (Lipinski definition) is 3. The average Bonchev–Trinajstić information content (AvgIpc) is 2.49. The van der Waals surface area contributed by atoms with Gasteiger partial charge in [0.05, 0.1) is 11.6 Å². The Kier molecular flexibility index (Phi) is 3.34. The molecule has 1 aromatic rings. The van der Waals surface area contributed by atoms with E-state index in [1.807, 2.05) is 0 Å². The number of aliphatic hydroxyl groups excluding tert-OH is 1. The Labute approximate surface area is 125 Å². The SMILES string of the molecule is O=C1N=C2C=CC=CC2C(O)=C1C(=O)Nc1ccc(O)cc1. The number of aromatic hydroxyl groups is 1. The standard InChI is InChI=1S/C16H12N2O4/c19-10-7-5-9(6-8-10)17-15(21)13-14(20)11-3-1-2-4-12(11)18-16(13)22/h1-8,11,19-20H,(H,17,21). The lowest BCUT2D eigenvalue weighted by molar-refractivity contribution is -0.119. The summed E-state index contributed by atoms with van der Waals surface area (Å²) in [5, 5.41) is 21.9. The summed E-state index contributed by atoms with van der Waals surface area (Å²) in [6.07, 6.45) is 6.70. The van der Waals surface area contributed by atoms with Crippen molar-refractivity contribution >= 4 is 23.2 Å². The number of benzene rings is 1. The van der Waals surface area contributed by atoms with Crippen LogP contribution in [-0.4, -0.2) is 27.7 Å². The molecule has 2 aliphatic rings. The molecule has 1 heterocycles. The molecule has 110 valence electrons. The number of carbonyl (C=O) groups is 2. The van der Waals surface area contributed by atoms with Gasteiger partial charge in [-0.3, -0.25) is 9.59 Å².